The summed E-state index contributed by atoms with van der Waals surface area (Å²) in [6, 6.07) is 0. The largest absolute Gasteiger partial charge is 0.378 e. The summed E-state index contributed by atoms with van der Waals surface area (Å²) in [5.41, 5.74) is 0.722. The second-order valence-corrected chi connectivity index (χ2v) is 8.43. The minimum atomic E-state index is 0.0498. The van der Waals surface area contributed by atoms with Crippen LogP contribution in [0, 0.1) is 0 Å². The number of amides is 3. The van der Waals surface area contributed by atoms with Crippen molar-refractivity contribution >= 4 is 34.2 Å². The lowest BCUT2D eigenvalue weighted by Crippen LogP contribution is -2.52. The SMILES string of the molecule is O=C(Cc1csc(N2CCCC2=O)n1)N1CCN(CC(=O)N2CCOCC2)CC1. The molecule has 10 heteroatoms. The van der Waals surface area contributed by atoms with Gasteiger partial charge >= 0.3 is 0 Å². The molecule has 0 aliphatic carbocycles. The number of hydrogen-bond donors (Lipinski definition) is 0. The number of carbonyl (C=O) groups excluding carboxylic acids is 3. The predicted octanol–water partition coefficient (Wildman–Crippen LogP) is -0.185. The highest BCUT2D eigenvalue weighted by atomic mass is 32.1. The number of hydrogen-bond acceptors (Lipinski definition) is 7. The molecule has 1 aromatic rings. The van der Waals surface area contributed by atoms with Crippen LogP contribution in [0.25, 0.3) is 0 Å². The lowest BCUT2D eigenvalue weighted by Gasteiger charge is -2.36. The van der Waals surface area contributed by atoms with E-state index in [4.69, 9.17) is 4.74 Å². The standard InChI is InChI=1S/C19H27N5O4S/c25-16-2-1-3-24(16)19-20-15(14-29-19)12-17(26)22-6-4-21(5-7-22)13-18(27)23-8-10-28-11-9-23/h14H,1-13H2. The fourth-order valence-electron chi connectivity index (χ4n) is 3.88. The Hall–Kier alpha value is -2.04. The van der Waals surface area contributed by atoms with E-state index >= 15 is 0 Å². The van der Waals surface area contributed by atoms with Crippen LogP contribution in [0.15, 0.2) is 5.38 Å². The zero-order valence-electron chi connectivity index (χ0n) is 16.5. The smallest absolute Gasteiger partial charge is 0.236 e. The second kappa shape index (κ2) is 9.19. The minimum Gasteiger partial charge on any atom is -0.378 e. The first-order valence-electron chi connectivity index (χ1n) is 10.2. The molecule has 0 N–H and O–H groups in total. The third-order valence-corrected chi connectivity index (χ3v) is 6.54. The maximum Gasteiger partial charge on any atom is 0.236 e. The van der Waals surface area contributed by atoms with Crippen LogP contribution in [0.3, 0.4) is 0 Å². The van der Waals surface area contributed by atoms with E-state index in [1.807, 2.05) is 15.2 Å². The van der Waals surface area contributed by atoms with Gasteiger partial charge in [0.1, 0.15) is 0 Å². The van der Waals surface area contributed by atoms with Gasteiger partial charge in [-0.3, -0.25) is 24.2 Å². The Balaban J connectivity index is 1.22. The van der Waals surface area contributed by atoms with Gasteiger partial charge in [-0.1, -0.05) is 0 Å². The van der Waals surface area contributed by atoms with Gasteiger partial charge in [-0.05, 0) is 6.42 Å². The molecule has 0 bridgehead atoms. The maximum absolute atomic E-state index is 12.6. The van der Waals surface area contributed by atoms with E-state index in [-0.39, 0.29) is 24.1 Å². The molecule has 9 nitrogen and oxygen atoms in total. The fourth-order valence-corrected chi connectivity index (χ4v) is 4.75. The molecule has 3 amide bonds. The predicted molar refractivity (Wildman–Crippen MR) is 108 cm³/mol. The van der Waals surface area contributed by atoms with E-state index in [0.717, 1.165) is 12.1 Å². The quantitative estimate of drug-likeness (QED) is 0.655. The van der Waals surface area contributed by atoms with Crippen LogP contribution in [-0.4, -0.2) is 103 Å². The van der Waals surface area contributed by atoms with Crippen molar-refractivity contribution in [1.82, 2.24) is 19.7 Å². The third-order valence-electron chi connectivity index (χ3n) is 5.62. The average Bonchev–Trinajstić information content (AvgIpc) is 3.37. The molecule has 0 saturated carbocycles. The first-order valence-corrected chi connectivity index (χ1v) is 11.1. The van der Waals surface area contributed by atoms with Crippen molar-refractivity contribution in [3.8, 4) is 0 Å². The van der Waals surface area contributed by atoms with Gasteiger partial charge in [0.2, 0.25) is 17.7 Å². The van der Waals surface area contributed by atoms with E-state index in [9.17, 15) is 14.4 Å². The summed E-state index contributed by atoms with van der Waals surface area (Å²) in [6.07, 6.45) is 1.70. The van der Waals surface area contributed by atoms with Gasteiger partial charge in [-0.15, -0.1) is 11.3 Å². The van der Waals surface area contributed by atoms with Gasteiger partial charge in [0.25, 0.3) is 0 Å². The zero-order valence-corrected chi connectivity index (χ0v) is 17.4. The van der Waals surface area contributed by atoms with Crippen LogP contribution in [0.1, 0.15) is 18.5 Å². The number of rotatable bonds is 5. The summed E-state index contributed by atoms with van der Waals surface area (Å²) in [5.74, 6) is 0.299. The number of ether oxygens (including phenoxy) is 1. The number of nitrogens with zero attached hydrogens (tertiary/aromatic N) is 5. The van der Waals surface area contributed by atoms with Crippen molar-refractivity contribution in [3.63, 3.8) is 0 Å². The van der Waals surface area contributed by atoms with Crippen molar-refractivity contribution in [2.45, 2.75) is 19.3 Å². The van der Waals surface area contributed by atoms with E-state index < -0.39 is 0 Å². The summed E-state index contributed by atoms with van der Waals surface area (Å²) in [6.45, 7) is 6.31. The number of aromatic nitrogens is 1. The first-order chi connectivity index (χ1) is 14.1. The molecule has 0 atom stereocenters. The summed E-state index contributed by atoms with van der Waals surface area (Å²) in [7, 11) is 0. The molecule has 4 heterocycles. The zero-order chi connectivity index (χ0) is 20.2. The normalized spacial score (nSPS) is 21.1. The highest BCUT2D eigenvalue weighted by Crippen LogP contribution is 2.25. The summed E-state index contributed by atoms with van der Waals surface area (Å²) in [5, 5.41) is 2.57. The van der Waals surface area contributed by atoms with Gasteiger partial charge in [-0.25, -0.2) is 4.98 Å². The highest BCUT2D eigenvalue weighted by Gasteiger charge is 2.27. The molecule has 158 valence electrons. The third kappa shape index (κ3) is 4.93. The Bertz CT molecular complexity index is 756. The lowest BCUT2D eigenvalue weighted by molar-refractivity contribution is -0.137. The Morgan fingerprint density at radius 3 is 2.41 bits per heavy atom. The van der Waals surface area contributed by atoms with E-state index in [1.54, 1.807) is 4.90 Å². The first kappa shape index (κ1) is 20.2. The molecule has 0 radical (unpaired) electrons. The number of anilines is 1. The minimum absolute atomic E-state index is 0.0498. The van der Waals surface area contributed by atoms with Gasteiger partial charge in [0.15, 0.2) is 5.13 Å². The summed E-state index contributed by atoms with van der Waals surface area (Å²) in [4.78, 5) is 48.9. The van der Waals surface area contributed by atoms with E-state index in [1.165, 1.54) is 11.3 Å². The number of carbonyl (C=O) groups is 3. The van der Waals surface area contributed by atoms with Crippen LogP contribution in [0.4, 0.5) is 5.13 Å². The van der Waals surface area contributed by atoms with Crippen LogP contribution in [0.2, 0.25) is 0 Å². The molecule has 3 saturated heterocycles. The van der Waals surface area contributed by atoms with Crippen molar-refractivity contribution in [2.24, 2.45) is 0 Å². The van der Waals surface area contributed by atoms with Crippen molar-refractivity contribution in [1.29, 1.82) is 0 Å². The lowest BCUT2D eigenvalue weighted by atomic mass is 10.2. The summed E-state index contributed by atoms with van der Waals surface area (Å²) < 4.78 is 5.29. The molecule has 3 aliphatic rings. The maximum atomic E-state index is 12.6. The molecule has 4 rings (SSSR count). The molecule has 29 heavy (non-hydrogen) atoms. The molecule has 3 fully saturated rings. The topological polar surface area (TPSA) is 86.3 Å². The van der Waals surface area contributed by atoms with Crippen molar-refractivity contribution < 1.29 is 19.1 Å². The Kier molecular flexibility index (Phi) is 6.41. The monoisotopic (exact) mass is 421 g/mol. The van der Waals surface area contributed by atoms with Crippen molar-refractivity contribution in [3.05, 3.63) is 11.1 Å². The molecule has 0 unspecified atom stereocenters. The van der Waals surface area contributed by atoms with Crippen LogP contribution in [-0.2, 0) is 25.5 Å². The van der Waals surface area contributed by atoms with Crippen LogP contribution >= 0.6 is 11.3 Å². The number of morpholine rings is 1. The number of piperazine rings is 1. The Morgan fingerprint density at radius 1 is 1.00 bits per heavy atom. The summed E-state index contributed by atoms with van der Waals surface area (Å²) >= 11 is 1.42. The molecule has 1 aromatic heterocycles. The molecule has 3 aliphatic heterocycles. The molecular weight excluding hydrogens is 394 g/mol. The number of thiazole rings is 1. The van der Waals surface area contributed by atoms with Crippen molar-refractivity contribution in [2.75, 3.05) is 70.5 Å². The van der Waals surface area contributed by atoms with Crippen LogP contribution < -0.4 is 4.90 Å². The average molecular weight is 422 g/mol. The molecule has 0 aromatic carbocycles. The van der Waals surface area contributed by atoms with E-state index in [0.29, 0.717) is 77.1 Å². The Morgan fingerprint density at radius 2 is 1.72 bits per heavy atom. The van der Waals surface area contributed by atoms with Gasteiger partial charge in [0.05, 0.1) is 31.9 Å². The highest BCUT2D eigenvalue weighted by molar-refractivity contribution is 7.14. The van der Waals surface area contributed by atoms with Gasteiger partial charge in [0, 0.05) is 57.6 Å². The molecule has 0 spiro atoms. The second-order valence-electron chi connectivity index (χ2n) is 7.60. The van der Waals surface area contributed by atoms with Gasteiger partial charge < -0.3 is 14.5 Å². The Labute approximate surface area is 174 Å². The fraction of sp³-hybridized carbons (Fsp3) is 0.684. The molecular formula is C19H27N5O4S. The van der Waals surface area contributed by atoms with Crippen LogP contribution in [0.5, 0.6) is 0 Å². The van der Waals surface area contributed by atoms with Gasteiger partial charge in [-0.2, -0.15) is 0 Å². The van der Waals surface area contributed by atoms with E-state index in [2.05, 4.69) is 9.88 Å².